The maximum Gasteiger partial charge on any atom is 0.214 e. The molecule has 7 nitrogen and oxygen atoms in total. The minimum atomic E-state index is -3.15. The number of aryl methyl sites for hydroxylation is 1. The average molecular weight is 373 g/mol. The number of fused-ring (bicyclic) bond motifs is 3. The first kappa shape index (κ1) is 16.3. The number of hydrogen-bond donors (Lipinski definition) is 2. The number of nitrogens with zero attached hydrogens (tertiary/aromatic N) is 3. The molecule has 138 valence electrons. The summed E-state index contributed by atoms with van der Waals surface area (Å²) in [5, 5.41) is 0.899. The van der Waals surface area contributed by atoms with Gasteiger partial charge >= 0.3 is 0 Å². The van der Waals surface area contributed by atoms with Crippen molar-refractivity contribution in [3.63, 3.8) is 0 Å². The summed E-state index contributed by atoms with van der Waals surface area (Å²) in [6.45, 7) is 4.23. The molecule has 2 saturated carbocycles. The van der Waals surface area contributed by atoms with Crippen LogP contribution in [0.5, 0.6) is 0 Å². The van der Waals surface area contributed by atoms with E-state index in [1.165, 1.54) is 0 Å². The van der Waals surface area contributed by atoms with Crippen LogP contribution in [0.25, 0.3) is 22.1 Å². The zero-order chi connectivity index (χ0) is 18.1. The second-order valence-electron chi connectivity index (χ2n) is 7.84. The van der Waals surface area contributed by atoms with E-state index in [1.807, 2.05) is 25.4 Å². The Bertz CT molecular complexity index is 1100. The Morgan fingerprint density at radius 1 is 1.31 bits per heavy atom. The van der Waals surface area contributed by atoms with E-state index in [0.29, 0.717) is 5.92 Å². The Labute approximate surface area is 152 Å². The number of H-pyrrole nitrogens is 1. The zero-order valence-electron chi connectivity index (χ0n) is 14.9. The summed E-state index contributed by atoms with van der Waals surface area (Å²) in [6, 6.07) is 2.27. The van der Waals surface area contributed by atoms with Gasteiger partial charge in [0, 0.05) is 23.7 Å². The summed E-state index contributed by atoms with van der Waals surface area (Å²) in [5.74, 6) is 1.33. The summed E-state index contributed by atoms with van der Waals surface area (Å²) < 4.78 is 29.9. The van der Waals surface area contributed by atoms with Gasteiger partial charge in [-0.1, -0.05) is 6.92 Å². The predicted molar refractivity (Wildman–Crippen MR) is 100 cm³/mol. The van der Waals surface area contributed by atoms with Gasteiger partial charge < -0.3 is 9.55 Å². The molecule has 0 unspecified atom stereocenters. The minimum absolute atomic E-state index is 0.000929. The van der Waals surface area contributed by atoms with Crippen molar-refractivity contribution in [1.29, 1.82) is 0 Å². The highest BCUT2D eigenvalue weighted by molar-refractivity contribution is 7.90. The monoisotopic (exact) mass is 373 g/mol. The molecule has 0 radical (unpaired) electrons. The molecular weight excluding hydrogens is 350 g/mol. The van der Waals surface area contributed by atoms with E-state index in [0.717, 1.165) is 53.6 Å². The largest absolute Gasteiger partial charge is 0.346 e. The normalized spacial score (nSPS) is 26.9. The zero-order valence-corrected chi connectivity index (χ0v) is 15.8. The molecule has 3 atom stereocenters. The van der Waals surface area contributed by atoms with Gasteiger partial charge in [0.05, 0.1) is 17.0 Å². The first-order valence-corrected chi connectivity index (χ1v) is 10.8. The molecule has 5 rings (SSSR count). The highest BCUT2D eigenvalue weighted by Gasteiger charge is 2.41. The van der Waals surface area contributed by atoms with E-state index in [2.05, 4.69) is 26.2 Å². The number of pyridine rings is 1. The smallest absolute Gasteiger partial charge is 0.214 e. The third-order valence-corrected chi connectivity index (χ3v) is 7.89. The van der Waals surface area contributed by atoms with Crippen LogP contribution in [0, 0.1) is 12.8 Å². The van der Waals surface area contributed by atoms with Crippen LogP contribution in [-0.2, 0) is 10.0 Å². The lowest BCUT2D eigenvalue weighted by Crippen LogP contribution is -2.35. The predicted octanol–water partition coefficient (Wildman–Crippen LogP) is 2.64. The minimum Gasteiger partial charge on any atom is -0.346 e. The molecule has 0 bridgehead atoms. The topological polar surface area (TPSA) is 92.7 Å². The number of rotatable bonds is 4. The van der Waals surface area contributed by atoms with E-state index in [9.17, 15) is 8.42 Å². The molecule has 0 spiro atoms. The Hall–Kier alpha value is -1.93. The van der Waals surface area contributed by atoms with Gasteiger partial charge in [-0.2, -0.15) is 0 Å². The fourth-order valence-electron chi connectivity index (χ4n) is 4.50. The lowest BCUT2D eigenvalue weighted by atomic mass is 10.1. The highest BCUT2D eigenvalue weighted by atomic mass is 32.2. The first-order valence-electron chi connectivity index (χ1n) is 9.26. The van der Waals surface area contributed by atoms with E-state index in [4.69, 9.17) is 4.98 Å². The number of imidazole rings is 1. The SMILES string of the molecule is Cc1nc2cnc3[nH]ccc3c2n1[C@H]1C[C@@H](NS(=O)(=O)C2CC2)C[C@H]1C. The van der Waals surface area contributed by atoms with Crippen molar-refractivity contribution in [2.75, 3.05) is 0 Å². The number of nitrogens with one attached hydrogen (secondary N) is 2. The number of sulfonamides is 1. The number of aromatic nitrogens is 4. The third-order valence-electron chi connectivity index (χ3n) is 5.88. The summed E-state index contributed by atoms with van der Waals surface area (Å²) >= 11 is 0. The van der Waals surface area contributed by atoms with Crippen LogP contribution >= 0.6 is 0 Å². The second-order valence-corrected chi connectivity index (χ2v) is 9.83. The number of aromatic amines is 1. The van der Waals surface area contributed by atoms with Crippen molar-refractivity contribution < 1.29 is 8.42 Å². The Balaban J connectivity index is 1.53. The molecule has 8 heteroatoms. The summed E-state index contributed by atoms with van der Waals surface area (Å²) in [4.78, 5) is 12.3. The molecule has 26 heavy (non-hydrogen) atoms. The van der Waals surface area contributed by atoms with Crippen molar-refractivity contribution in [3.05, 3.63) is 24.3 Å². The van der Waals surface area contributed by atoms with Crippen LogP contribution in [0.3, 0.4) is 0 Å². The third kappa shape index (κ3) is 2.46. The molecule has 2 fully saturated rings. The first-order chi connectivity index (χ1) is 12.4. The molecule has 3 heterocycles. The van der Waals surface area contributed by atoms with Crippen LogP contribution in [0.2, 0.25) is 0 Å². The van der Waals surface area contributed by atoms with Crippen LogP contribution in [0.4, 0.5) is 0 Å². The average Bonchev–Trinajstić information content (AvgIpc) is 3.12. The molecule has 0 aliphatic heterocycles. The van der Waals surface area contributed by atoms with E-state index >= 15 is 0 Å². The quantitative estimate of drug-likeness (QED) is 0.735. The van der Waals surface area contributed by atoms with Gasteiger partial charge in [0.1, 0.15) is 17.0 Å². The van der Waals surface area contributed by atoms with Gasteiger partial charge in [-0.3, -0.25) is 0 Å². The van der Waals surface area contributed by atoms with Crippen molar-refractivity contribution in [3.8, 4) is 0 Å². The van der Waals surface area contributed by atoms with Gasteiger partial charge in [-0.25, -0.2) is 23.1 Å². The van der Waals surface area contributed by atoms with Gasteiger partial charge in [0.2, 0.25) is 10.0 Å². The molecule has 0 saturated heterocycles. The van der Waals surface area contributed by atoms with Crippen LogP contribution in [-0.4, -0.2) is 39.2 Å². The van der Waals surface area contributed by atoms with Crippen molar-refractivity contribution in [1.82, 2.24) is 24.2 Å². The van der Waals surface area contributed by atoms with Gasteiger partial charge in [0.15, 0.2) is 0 Å². The maximum absolute atomic E-state index is 12.3. The second kappa shape index (κ2) is 5.53. The van der Waals surface area contributed by atoms with Gasteiger partial charge in [-0.05, 0) is 44.6 Å². The highest BCUT2D eigenvalue weighted by Crippen LogP contribution is 2.40. The summed E-state index contributed by atoms with van der Waals surface area (Å²) in [6.07, 6.45) is 6.96. The van der Waals surface area contributed by atoms with Crippen LogP contribution < -0.4 is 4.72 Å². The maximum atomic E-state index is 12.3. The van der Waals surface area contributed by atoms with Crippen LogP contribution in [0.15, 0.2) is 18.5 Å². The molecular formula is C18H23N5O2S. The fraction of sp³-hybridized carbons (Fsp3) is 0.556. The van der Waals surface area contributed by atoms with Crippen molar-refractivity contribution in [2.24, 2.45) is 5.92 Å². The molecule has 2 aliphatic rings. The van der Waals surface area contributed by atoms with Gasteiger partial charge in [-0.15, -0.1) is 0 Å². The lowest BCUT2D eigenvalue weighted by Gasteiger charge is -2.20. The van der Waals surface area contributed by atoms with E-state index in [1.54, 1.807) is 0 Å². The molecule has 0 amide bonds. The van der Waals surface area contributed by atoms with Crippen LogP contribution in [0.1, 0.15) is 44.5 Å². The number of hydrogen-bond acceptors (Lipinski definition) is 4. The van der Waals surface area contributed by atoms with Crippen molar-refractivity contribution >= 4 is 32.1 Å². The molecule has 3 aromatic heterocycles. The molecule has 2 aliphatic carbocycles. The molecule has 2 N–H and O–H groups in total. The van der Waals surface area contributed by atoms with Crippen molar-refractivity contribution in [2.45, 2.75) is 56.9 Å². The summed E-state index contributed by atoms with van der Waals surface area (Å²) in [5.41, 5.74) is 2.84. The summed E-state index contributed by atoms with van der Waals surface area (Å²) in [7, 11) is -3.15. The fourth-order valence-corrected chi connectivity index (χ4v) is 6.11. The molecule has 3 aromatic rings. The molecule has 0 aromatic carbocycles. The Morgan fingerprint density at radius 2 is 2.12 bits per heavy atom. The van der Waals surface area contributed by atoms with Gasteiger partial charge in [0.25, 0.3) is 0 Å². The van der Waals surface area contributed by atoms with E-state index < -0.39 is 10.0 Å². The standard InChI is InChI=1S/C18H23N5O2S/c1-10-7-12(22-26(24,25)13-3-4-13)8-16(10)23-11(2)21-15-9-20-18-14(17(15)23)5-6-19-18/h5-6,9-10,12-13,16,22H,3-4,7-8H2,1-2H3,(H,19,20)/t10-,12+,16+/m1/s1. The lowest BCUT2D eigenvalue weighted by molar-refractivity contribution is 0.410. The Morgan fingerprint density at radius 3 is 2.88 bits per heavy atom. The van der Waals surface area contributed by atoms with E-state index in [-0.39, 0.29) is 17.3 Å². The Kier molecular flexibility index (Phi) is 3.46.